The van der Waals surface area contributed by atoms with Crippen LogP contribution < -0.4 is 9.47 Å². The second kappa shape index (κ2) is 9.26. The molecule has 0 aliphatic rings. The van der Waals surface area contributed by atoms with Crippen LogP contribution in [0.1, 0.15) is 30.9 Å². The Balaban J connectivity index is 3.24. The lowest BCUT2D eigenvalue weighted by Crippen LogP contribution is -2.14. The Labute approximate surface area is 144 Å². The van der Waals surface area contributed by atoms with Gasteiger partial charge in [0.15, 0.2) is 11.5 Å². The summed E-state index contributed by atoms with van der Waals surface area (Å²) >= 11 is 0. The van der Waals surface area contributed by atoms with E-state index in [0.717, 1.165) is 0 Å². The van der Waals surface area contributed by atoms with Crippen molar-refractivity contribution in [1.29, 1.82) is 0 Å². The molecule has 0 saturated carbocycles. The smallest absolute Gasteiger partial charge is 0.307 e. The van der Waals surface area contributed by atoms with E-state index in [2.05, 4.69) is 6.58 Å². The molecular formula is C16H19NO8. The maximum Gasteiger partial charge on any atom is 0.307 e. The average Bonchev–Trinajstić information content (AvgIpc) is 2.58. The predicted octanol–water partition coefficient (Wildman–Crippen LogP) is 2.64. The lowest BCUT2D eigenvalue weighted by molar-refractivity contribution is -0.386. The number of nitro benzene ring substituents is 1. The monoisotopic (exact) mass is 353 g/mol. The van der Waals surface area contributed by atoms with Crippen LogP contribution in [0.3, 0.4) is 0 Å². The number of rotatable bonds is 10. The van der Waals surface area contributed by atoms with Gasteiger partial charge in [0.2, 0.25) is 0 Å². The van der Waals surface area contributed by atoms with Crippen LogP contribution in [0.4, 0.5) is 5.69 Å². The number of ether oxygens (including phenoxy) is 3. The molecule has 9 nitrogen and oxygen atoms in total. The Morgan fingerprint density at radius 3 is 2.36 bits per heavy atom. The summed E-state index contributed by atoms with van der Waals surface area (Å²) in [5.41, 5.74) is -0.207. The molecule has 25 heavy (non-hydrogen) atoms. The predicted molar refractivity (Wildman–Crippen MR) is 86.7 cm³/mol. The molecule has 9 heteroatoms. The zero-order valence-corrected chi connectivity index (χ0v) is 13.9. The molecule has 0 radical (unpaired) electrons. The van der Waals surface area contributed by atoms with Crippen molar-refractivity contribution in [3.8, 4) is 11.5 Å². The summed E-state index contributed by atoms with van der Waals surface area (Å²) in [6, 6.07) is 2.53. The minimum absolute atomic E-state index is 0.103. The number of aliphatic carboxylic acids is 1. The molecule has 1 unspecified atom stereocenters. The van der Waals surface area contributed by atoms with Crippen LogP contribution in [0.2, 0.25) is 0 Å². The van der Waals surface area contributed by atoms with Gasteiger partial charge >= 0.3 is 11.9 Å². The third-order valence-corrected chi connectivity index (χ3v) is 3.27. The van der Waals surface area contributed by atoms with Crippen molar-refractivity contribution < 1.29 is 33.8 Å². The van der Waals surface area contributed by atoms with Gasteiger partial charge in [0.25, 0.3) is 5.69 Å². The normalized spacial score (nSPS) is 11.3. The van der Waals surface area contributed by atoms with Crippen LogP contribution in [-0.2, 0) is 14.3 Å². The lowest BCUT2D eigenvalue weighted by atomic mass is 10.0. The zero-order valence-electron chi connectivity index (χ0n) is 13.9. The Kier molecular flexibility index (Phi) is 7.39. The molecule has 0 saturated heterocycles. The van der Waals surface area contributed by atoms with Crippen LogP contribution in [0.5, 0.6) is 11.5 Å². The maximum absolute atomic E-state index is 11.8. The van der Waals surface area contributed by atoms with Gasteiger partial charge in [-0.05, 0) is 6.07 Å². The van der Waals surface area contributed by atoms with Crippen molar-refractivity contribution in [2.75, 3.05) is 14.2 Å². The van der Waals surface area contributed by atoms with Crippen LogP contribution in [0.25, 0.3) is 0 Å². The molecular weight excluding hydrogens is 334 g/mol. The summed E-state index contributed by atoms with van der Waals surface area (Å²) in [4.78, 5) is 33.1. The Bertz CT molecular complexity index is 670. The minimum Gasteiger partial charge on any atom is -0.493 e. The molecule has 136 valence electrons. The molecule has 1 atom stereocenters. The van der Waals surface area contributed by atoms with Gasteiger partial charge in [0.05, 0.1) is 43.6 Å². The second-order valence-corrected chi connectivity index (χ2v) is 4.92. The summed E-state index contributed by atoms with van der Waals surface area (Å²) in [7, 11) is 2.71. The molecule has 0 spiro atoms. The Morgan fingerprint density at radius 1 is 1.28 bits per heavy atom. The number of hydrogen-bond acceptors (Lipinski definition) is 7. The summed E-state index contributed by atoms with van der Waals surface area (Å²) in [6.45, 7) is 3.55. The number of nitrogens with zero attached hydrogens (tertiary/aromatic N) is 1. The molecule has 0 amide bonds. The van der Waals surface area contributed by atoms with Crippen LogP contribution in [0, 0.1) is 10.1 Å². The number of carboxylic acids is 1. The van der Waals surface area contributed by atoms with Crippen molar-refractivity contribution in [1.82, 2.24) is 0 Å². The van der Waals surface area contributed by atoms with Gasteiger partial charge < -0.3 is 19.3 Å². The van der Waals surface area contributed by atoms with E-state index in [4.69, 9.17) is 19.3 Å². The molecule has 1 aromatic carbocycles. The number of carboxylic acid groups (broad SMARTS) is 1. The first-order valence-electron chi connectivity index (χ1n) is 7.26. The highest BCUT2D eigenvalue weighted by Crippen LogP contribution is 2.39. The number of carbonyl (C=O) groups excluding carboxylic acids is 1. The van der Waals surface area contributed by atoms with E-state index < -0.39 is 29.4 Å². The first-order valence-corrected chi connectivity index (χ1v) is 7.26. The van der Waals surface area contributed by atoms with Gasteiger partial charge in [-0.25, -0.2) is 0 Å². The quantitative estimate of drug-likeness (QED) is 0.294. The van der Waals surface area contributed by atoms with E-state index in [0.29, 0.717) is 0 Å². The summed E-state index contributed by atoms with van der Waals surface area (Å²) in [5, 5.41) is 20.0. The third kappa shape index (κ3) is 5.48. The highest BCUT2D eigenvalue weighted by Gasteiger charge is 2.28. The van der Waals surface area contributed by atoms with E-state index in [9.17, 15) is 19.7 Å². The standard InChI is InChI=1S/C16H19NO8/c1-4-5-12(25-16(20)7-6-15(18)19)10-8-13(23-2)14(24-3)9-11(10)17(21)22/h4,8-9,12H,1,5-7H2,2-3H3,(H,18,19). The zero-order chi connectivity index (χ0) is 19.0. The van der Waals surface area contributed by atoms with Crippen LogP contribution in [-0.4, -0.2) is 36.2 Å². The fraction of sp³-hybridized carbons (Fsp3) is 0.375. The number of carbonyl (C=O) groups is 2. The number of methoxy groups -OCH3 is 2. The average molecular weight is 353 g/mol. The van der Waals surface area contributed by atoms with E-state index >= 15 is 0 Å². The summed E-state index contributed by atoms with van der Waals surface area (Å²) in [6.07, 6.45) is -0.193. The van der Waals surface area contributed by atoms with Gasteiger partial charge in [-0.1, -0.05) is 6.08 Å². The number of hydrogen-bond donors (Lipinski definition) is 1. The van der Waals surface area contributed by atoms with Gasteiger partial charge in [-0.15, -0.1) is 6.58 Å². The van der Waals surface area contributed by atoms with Gasteiger partial charge in [0.1, 0.15) is 6.10 Å². The van der Waals surface area contributed by atoms with Gasteiger partial charge in [-0.2, -0.15) is 0 Å². The third-order valence-electron chi connectivity index (χ3n) is 3.27. The second-order valence-electron chi connectivity index (χ2n) is 4.92. The molecule has 1 rings (SSSR count). The minimum atomic E-state index is -1.14. The summed E-state index contributed by atoms with van der Waals surface area (Å²) in [5.74, 6) is -1.53. The molecule has 0 aliphatic heterocycles. The molecule has 0 heterocycles. The maximum atomic E-state index is 11.8. The van der Waals surface area contributed by atoms with Gasteiger partial charge in [0, 0.05) is 6.42 Å². The van der Waals surface area contributed by atoms with Crippen molar-refractivity contribution in [3.05, 3.63) is 40.5 Å². The fourth-order valence-corrected chi connectivity index (χ4v) is 2.12. The van der Waals surface area contributed by atoms with Crippen molar-refractivity contribution in [2.24, 2.45) is 0 Å². The van der Waals surface area contributed by atoms with Crippen LogP contribution in [0.15, 0.2) is 24.8 Å². The first kappa shape index (κ1) is 19.9. The lowest BCUT2D eigenvalue weighted by Gasteiger charge is -2.18. The molecule has 0 bridgehead atoms. The molecule has 0 fully saturated rings. The number of benzene rings is 1. The van der Waals surface area contributed by atoms with Gasteiger partial charge in [-0.3, -0.25) is 19.7 Å². The van der Waals surface area contributed by atoms with E-state index in [1.54, 1.807) is 0 Å². The molecule has 0 aliphatic carbocycles. The molecule has 1 aromatic rings. The van der Waals surface area contributed by atoms with Crippen molar-refractivity contribution >= 4 is 17.6 Å². The van der Waals surface area contributed by atoms with E-state index in [1.807, 2.05) is 0 Å². The Hall–Kier alpha value is -3.10. The van der Waals surface area contributed by atoms with Crippen molar-refractivity contribution in [2.45, 2.75) is 25.4 Å². The highest BCUT2D eigenvalue weighted by atomic mass is 16.6. The largest absolute Gasteiger partial charge is 0.493 e. The summed E-state index contributed by atoms with van der Waals surface area (Å²) < 4.78 is 15.4. The van der Waals surface area contributed by atoms with E-state index in [-0.39, 0.29) is 35.6 Å². The van der Waals surface area contributed by atoms with E-state index in [1.165, 1.54) is 32.4 Å². The number of esters is 1. The molecule has 0 aromatic heterocycles. The topological polar surface area (TPSA) is 125 Å². The SMILES string of the molecule is C=CCC(OC(=O)CCC(=O)O)c1cc(OC)c(OC)cc1[N+](=O)[O-]. The first-order chi connectivity index (χ1) is 11.8. The highest BCUT2D eigenvalue weighted by molar-refractivity contribution is 5.76. The Morgan fingerprint density at radius 2 is 1.88 bits per heavy atom. The molecule has 1 N–H and O–H groups in total. The fourth-order valence-electron chi connectivity index (χ4n) is 2.12. The van der Waals surface area contributed by atoms with Crippen LogP contribution >= 0.6 is 0 Å². The number of nitro groups is 1. The van der Waals surface area contributed by atoms with Crippen molar-refractivity contribution in [3.63, 3.8) is 0 Å².